The van der Waals surface area contributed by atoms with Gasteiger partial charge in [0.25, 0.3) is 0 Å². The number of rotatable bonds is 6. The van der Waals surface area contributed by atoms with Crippen LogP contribution in [0, 0.1) is 5.92 Å². The van der Waals surface area contributed by atoms with Crippen LogP contribution in [0.4, 0.5) is 5.69 Å². The number of nitrogens with one attached hydrogen (secondary N) is 1. The number of carbonyl (C=O) groups is 2. The van der Waals surface area contributed by atoms with E-state index in [1.807, 2.05) is 25.1 Å². The molecule has 0 aliphatic heterocycles. The maximum atomic E-state index is 12.4. The Hall–Kier alpha value is -2.33. The van der Waals surface area contributed by atoms with Crippen LogP contribution in [0.25, 0.3) is 0 Å². The van der Waals surface area contributed by atoms with E-state index >= 15 is 0 Å². The molecule has 2 aromatic carbocycles. The van der Waals surface area contributed by atoms with E-state index in [1.165, 1.54) is 0 Å². The van der Waals surface area contributed by atoms with Crippen molar-refractivity contribution >= 4 is 29.2 Å². The lowest BCUT2D eigenvalue weighted by Gasteiger charge is -2.14. The van der Waals surface area contributed by atoms with Crippen molar-refractivity contribution in [1.29, 1.82) is 0 Å². The van der Waals surface area contributed by atoms with Crippen LogP contribution in [-0.4, -0.2) is 17.0 Å². The number of benzene rings is 2. The summed E-state index contributed by atoms with van der Waals surface area (Å²) in [6.07, 6.45) is 0.538. The summed E-state index contributed by atoms with van der Waals surface area (Å²) in [5, 5.41) is 12.6. The van der Waals surface area contributed by atoms with E-state index in [0.29, 0.717) is 22.7 Å². The molecule has 0 saturated heterocycles. The molecule has 2 atom stereocenters. The van der Waals surface area contributed by atoms with E-state index in [9.17, 15) is 9.59 Å². The number of hydrogen-bond donors (Lipinski definition) is 2. The fourth-order valence-electron chi connectivity index (χ4n) is 2.38. The normalized spacial score (nSPS) is 13.1. The minimum atomic E-state index is -0.898. The molecule has 2 aromatic rings. The summed E-state index contributed by atoms with van der Waals surface area (Å²) in [7, 11) is 0. The summed E-state index contributed by atoms with van der Waals surface area (Å²) in [6.45, 7) is 3.45. The second-order valence-corrected chi connectivity index (χ2v) is 6.28. The van der Waals surface area contributed by atoms with E-state index in [2.05, 4.69) is 5.32 Å². The van der Waals surface area contributed by atoms with E-state index in [4.69, 9.17) is 16.7 Å². The summed E-state index contributed by atoms with van der Waals surface area (Å²) in [5.74, 6) is -1.91. The number of anilines is 1. The monoisotopic (exact) mass is 345 g/mol. The number of carboxylic acid groups (broad SMARTS) is 1. The SMILES string of the molecule is CC(Cc1ccccc1Cl)C(=O)Nc1cccc(C(C)C(=O)O)c1. The third-order valence-corrected chi connectivity index (χ3v) is 4.32. The second kappa shape index (κ2) is 7.97. The summed E-state index contributed by atoms with van der Waals surface area (Å²) in [4.78, 5) is 23.4. The molecule has 0 radical (unpaired) electrons. The first kappa shape index (κ1) is 18.0. The second-order valence-electron chi connectivity index (χ2n) is 5.87. The number of hydrogen-bond acceptors (Lipinski definition) is 2. The standard InChI is InChI=1S/C19H20ClNO3/c1-12(10-15-6-3-4-9-17(15)20)18(22)21-16-8-5-7-14(11-16)13(2)19(23)24/h3-9,11-13H,10H2,1-2H3,(H,21,22)(H,23,24). The predicted octanol–water partition coefficient (Wildman–Crippen LogP) is 4.35. The van der Waals surface area contributed by atoms with Gasteiger partial charge < -0.3 is 10.4 Å². The Morgan fingerprint density at radius 3 is 2.50 bits per heavy atom. The molecule has 0 bridgehead atoms. The van der Waals surface area contributed by atoms with Crippen LogP contribution in [0.15, 0.2) is 48.5 Å². The summed E-state index contributed by atoms with van der Waals surface area (Å²) in [5.41, 5.74) is 2.17. The molecule has 126 valence electrons. The molecule has 0 aliphatic carbocycles. The lowest BCUT2D eigenvalue weighted by molar-refractivity contribution is -0.138. The first-order valence-electron chi connectivity index (χ1n) is 7.75. The van der Waals surface area contributed by atoms with E-state index in [1.54, 1.807) is 37.3 Å². The topological polar surface area (TPSA) is 66.4 Å². The van der Waals surface area contributed by atoms with Crippen LogP contribution in [0.2, 0.25) is 5.02 Å². The molecule has 5 heteroatoms. The quantitative estimate of drug-likeness (QED) is 0.818. The highest BCUT2D eigenvalue weighted by atomic mass is 35.5. The molecule has 0 saturated carbocycles. The molecule has 0 aromatic heterocycles. The van der Waals surface area contributed by atoms with Crippen molar-refractivity contribution in [2.45, 2.75) is 26.2 Å². The van der Waals surface area contributed by atoms with Crippen LogP contribution in [0.5, 0.6) is 0 Å². The minimum Gasteiger partial charge on any atom is -0.481 e. The molecule has 1 amide bonds. The molecule has 0 fully saturated rings. The van der Waals surface area contributed by atoms with Crippen molar-refractivity contribution in [3.63, 3.8) is 0 Å². The Bertz CT molecular complexity index is 745. The number of amides is 1. The highest BCUT2D eigenvalue weighted by Gasteiger charge is 2.17. The number of aliphatic carboxylic acids is 1. The van der Waals surface area contributed by atoms with Gasteiger partial charge in [-0.15, -0.1) is 0 Å². The summed E-state index contributed by atoms with van der Waals surface area (Å²) < 4.78 is 0. The molecule has 2 rings (SSSR count). The molecule has 0 spiro atoms. The van der Waals surface area contributed by atoms with Crippen LogP contribution < -0.4 is 5.32 Å². The van der Waals surface area contributed by atoms with Crippen molar-refractivity contribution < 1.29 is 14.7 Å². The first-order chi connectivity index (χ1) is 11.4. The zero-order valence-electron chi connectivity index (χ0n) is 13.6. The lowest BCUT2D eigenvalue weighted by atomic mass is 9.99. The highest BCUT2D eigenvalue weighted by Crippen LogP contribution is 2.22. The van der Waals surface area contributed by atoms with Crippen LogP contribution in [-0.2, 0) is 16.0 Å². The Morgan fingerprint density at radius 2 is 1.83 bits per heavy atom. The van der Waals surface area contributed by atoms with Gasteiger partial charge in [0, 0.05) is 16.6 Å². The minimum absolute atomic E-state index is 0.130. The summed E-state index contributed by atoms with van der Waals surface area (Å²) in [6, 6.07) is 14.4. The number of carboxylic acids is 1. The van der Waals surface area contributed by atoms with Gasteiger partial charge in [-0.2, -0.15) is 0 Å². The van der Waals surface area contributed by atoms with Crippen molar-refractivity contribution in [2.75, 3.05) is 5.32 Å². The average Bonchev–Trinajstić information content (AvgIpc) is 2.56. The Kier molecular flexibility index (Phi) is 5.99. The zero-order valence-corrected chi connectivity index (χ0v) is 14.4. The molecule has 24 heavy (non-hydrogen) atoms. The smallest absolute Gasteiger partial charge is 0.310 e. The molecule has 4 nitrogen and oxygen atoms in total. The van der Waals surface area contributed by atoms with Crippen LogP contribution in [0.1, 0.15) is 30.9 Å². The van der Waals surface area contributed by atoms with Crippen molar-refractivity contribution in [3.05, 3.63) is 64.7 Å². The fraction of sp³-hybridized carbons (Fsp3) is 0.263. The largest absolute Gasteiger partial charge is 0.481 e. The van der Waals surface area contributed by atoms with Crippen LogP contribution in [0.3, 0.4) is 0 Å². The van der Waals surface area contributed by atoms with Gasteiger partial charge in [0.05, 0.1) is 5.92 Å². The van der Waals surface area contributed by atoms with E-state index in [-0.39, 0.29) is 11.8 Å². The Morgan fingerprint density at radius 1 is 1.12 bits per heavy atom. The Balaban J connectivity index is 2.05. The average molecular weight is 346 g/mol. The lowest BCUT2D eigenvalue weighted by Crippen LogP contribution is -2.22. The third kappa shape index (κ3) is 4.59. The third-order valence-electron chi connectivity index (χ3n) is 3.96. The summed E-state index contributed by atoms with van der Waals surface area (Å²) >= 11 is 6.13. The first-order valence-corrected chi connectivity index (χ1v) is 8.13. The maximum Gasteiger partial charge on any atom is 0.310 e. The van der Waals surface area contributed by atoms with Crippen molar-refractivity contribution in [1.82, 2.24) is 0 Å². The van der Waals surface area contributed by atoms with E-state index < -0.39 is 11.9 Å². The highest BCUT2D eigenvalue weighted by molar-refractivity contribution is 6.31. The van der Waals surface area contributed by atoms with Crippen molar-refractivity contribution in [2.24, 2.45) is 5.92 Å². The molecular weight excluding hydrogens is 326 g/mol. The van der Waals surface area contributed by atoms with Gasteiger partial charge in [0.1, 0.15) is 0 Å². The Labute approximate surface area is 146 Å². The number of carbonyl (C=O) groups excluding carboxylic acids is 1. The van der Waals surface area contributed by atoms with E-state index in [0.717, 1.165) is 5.56 Å². The molecule has 0 heterocycles. The van der Waals surface area contributed by atoms with Gasteiger partial charge >= 0.3 is 5.97 Å². The van der Waals surface area contributed by atoms with Crippen LogP contribution >= 0.6 is 11.6 Å². The maximum absolute atomic E-state index is 12.4. The number of halogens is 1. The van der Waals surface area contributed by atoms with Gasteiger partial charge in [-0.05, 0) is 42.7 Å². The van der Waals surface area contributed by atoms with Gasteiger partial charge in [0.2, 0.25) is 5.91 Å². The molecule has 2 N–H and O–H groups in total. The predicted molar refractivity (Wildman–Crippen MR) is 95.4 cm³/mol. The van der Waals surface area contributed by atoms with Gasteiger partial charge in [-0.25, -0.2) is 0 Å². The van der Waals surface area contributed by atoms with Gasteiger partial charge in [-0.3, -0.25) is 9.59 Å². The van der Waals surface area contributed by atoms with Gasteiger partial charge in [-0.1, -0.05) is 48.9 Å². The molecule has 0 aliphatic rings. The molecule has 2 unspecified atom stereocenters. The van der Waals surface area contributed by atoms with Crippen molar-refractivity contribution in [3.8, 4) is 0 Å². The fourth-order valence-corrected chi connectivity index (χ4v) is 2.59. The zero-order chi connectivity index (χ0) is 17.7. The van der Waals surface area contributed by atoms with Gasteiger partial charge in [0.15, 0.2) is 0 Å². The molecular formula is C19H20ClNO3.